The summed E-state index contributed by atoms with van der Waals surface area (Å²) in [6.07, 6.45) is 5.40. The molecule has 1 atom stereocenters. The van der Waals surface area contributed by atoms with E-state index in [-0.39, 0.29) is 36.6 Å². The van der Waals surface area contributed by atoms with Gasteiger partial charge >= 0.3 is 0 Å². The summed E-state index contributed by atoms with van der Waals surface area (Å²) in [5.74, 6) is 0.570. The molecule has 0 saturated carbocycles. The van der Waals surface area contributed by atoms with Gasteiger partial charge in [-0.05, 0) is 37.1 Å². The predicted octanol–water partition coefficient (Wildman–Crippen LogP) is 2.34. The maximum absolute atomic E-state index is 12.0. The molecule has 0 bridgehead atoms. The lowest BCUT2D eigenvalue weighted by atomic mass is 9.92. The molecule has 0 aromatic carbocycles. The molecule has 2 rings (SSSR count). The van der Waals surface area contributed by atoms with Gasteiger partial charge in [-0.15, -0.1) is 36.6 Å². The van der Waals surface area contributed by atoms with Crippen molar-refractivity contribution >= 4 is 48.3 Å². The van der Waals surface area contributed by atoms with E-state index in [1.165, 1.54) is 0 Å². The van der Waals surface area contributed by atoms with Crippen LogP contribution in [0.2, 0.25) is 0 Å². The second-order valence-electron chi connectivity index (χ2n) is 4.55. The maximum Gasteiger partial charge on any atom is 0.242 e. The Bertz CT molecular complexity index is 428. The number of rotatable bonds is 4. The van der Waals surface area contributed by atoms with E-state index in [1.807, 2.05) is 12.3 Å². The van der Waals surface area contributed by atoms with Gasteiger partial charge in [-0.2, -0.15) is 0 Å². The van der Waals surface area contributed by atoms with Crippen molar-refractivity contribution in [3.8, 4) is 0 Å². The minimum atomic E-state index is -0.495. The third-order valence-corrected chi connectivity index (χ3v) is 4.01. The number of pyridine rings is 1. The quantitative estimate of drug-likeness (QED) is 0.812. The number of aromatic nitrogens is 1. The van der Waals surface area contributed by atoms with E-state index in [1.54, 1.807) is 24.0 Å². The molecule has 3 N–H and O–H groups in total. The summed E-state index contributed by atoms with van der Waals surface area (Å²) >= 11 is 1.61. The smallest absolute Gasteiger partial charge is 0.242 e. The van der Waals surface area contributed by atoms with E-state index in [4.69, 9.17) is 10.5 Å². The van der Waals surface area contributed by atoms with Gasteiger partial charge in [0.2, 0.25) is 5.91 Å². The molecule has 0 aliphatic carbocycles. The number of ether oxygens (including phenoxy) is 1. The fourth-order valence-corrected chi connectivity index (χ4v) is 2.44. The predicted molar refractivity (Wildman–Crippen MR) is 90.7 cm³/mol. The third-order valence-electron chi connectivity index (χ3n) is 3.30. The first-order valence-electron chi connectivity index (χ1n) is 6.35. The first kappa shape index (κ1) is 20.5. The van der Waals surface area contributed by atoms with Gasteiger partial charge in [0, 0.05) is 24.3 Å². The highest BCUT2D eigenvalue weighted by molar-refractivity contribution is 7.98. The zero-order valence-electron chi connectivity index (χ0n) is 11.8. The van der Waals surface area contributed by atoms with Crippen LogP contribution in [0.25, 0.3) is 0 Å². The highest BCUT2D eigenvalue weighted by Gasteiger charge is 2.26. The van der Waals surface area contributed by atoms with Crippen molar-refractivity contribution in [2.24, 2.45) is 11.7 Å². The molecule has 120 valence electrons. The molecule has 2 heterocycles. The number of nitrogens with zero attached hydrogens (tertiary/aromatic N) is 1. The molecular formula is C13H21Cl2N3O2S. The SMILES string of the molecule is CSc1ccc(NC(=O)C(N)C2CCOCC2)nc1.Cl.Cl. The van der Waals surface area contributed by atoms with Crippen LogP contribution < -0.4 is 11.1 Å². The molecule has 1 unspecified atom stereocenters. The molecular weight excluding hydrogens is 333 g/mol. The van der Waals surface area contributed by atoms with Crippen LogP contribution in [0.15, 0.2) is 23.2 Å². The van der Waals surface area contributed by atoms with Crippen LogP contribution in [-0.2, 0) is 9.53 Å². The molecule has 1 amide bonds. The number of hydrogen-bond acceptors (Lipinski definition) is 5. The highest BCUT2D eigenvalue weighted by atomic mass is 35.5. The van der Waals surface area contributed by atoms with Gasteiger partial charge in [0.15, 0.2) is 0 Å². The van der Waals surface area contributed by atoms with Crippen molar-refractivity contribution in [2.45, 2.75) is 23.8 Å². The van der Waals surface area contributed by atoms with Gasteiger partial charge < -0.3 is 15.8 Å². The number of carbonyl (C=O) groups excluding carboxylic acids is 1. The van der Waals surface area contributed by atoms with Gasteiger partial charge in [-0.3, -0.25) is 4.79 Å². The lowest BCUT2D eigenvalue weighted by Crippen LogP contribution is -2.44. The Morgan fingerprint density at radius 2 is 2.10 bits per heavy atom. The van der Waals surface area contributed by atoms with E-state index in [0.29, 0.717) is 19.0 Å². The maximum atomic E-state index is 12.0. The number of halogens is 2. The Hall–Kier alpha value is -0.530. The number of nitrogens with one attached hydrogen (secondary N) is 1. The molecule has 0 spiro atoms. The summed E-state index contributed by atoms with van der Waals surface area (Å²) in [5, 5.41) is 2.77. The first-order chi connectivity index (χ1) is 9.20. The second kappa shape index (κ2) is 10.2. The molecule has 1 aliphatic rings. The average Bonchev–Trinajstić information content (AvgIpc) is 2.48. The van der Waals surface area contributed by atoms with E-state index >= 15 is 0 Å². The second-order valence-corrected chi connectivity index (χ2v) is 5.43. The van der Waals surface area contributed by atoms with E-state index in [0.717, 1.165) is 17.7 Å². The molecule has 5 nitrogen and oxygen atoms in total. The molecule has 1 aromatic rings. The molecule has 21 heavy (non-hydrogen) atoms. The topological polar surface area (TPSA) is 77.2 Å². The number of thioether (sulfide) groups is 1. The van der Waals surface area contributed by atoms with Crippen LogP contribution in [0.3, 0.4) is 0 Å². The number of hydrogen-bond donors (Lipinski definition) is 2. The van der Waals surface area contributed by atoms with Crippen molar-refractivity contribution in [3.63, 3.8) is 0 Å². The Kier molecular flexibility index (Phi) is 9.98. The van der Waals surface area contributed by atoms with Gasteiger partial charge in [0.1, 0.15) is 5.82 Å². The summed E-state index contributed by atoms with van der Waals surface area (Å²) in [6, 6.07) is 3.22. The van der Waals surface area contributed by atoms with Crippen molar-refractivity contribution < 1.29 is 9.53 Å². The molecule has 1 fully saturated rings. The monoisotopic (exact) mass is 353 g/mol. The van der Waals surface area contributed by atoms with E-state index in [2.05, 4.69) is 10.3 Å². The summed E-state index contributed by atoms with van der Waals surface area (Å²) < 4.78 is 5.27. The summed E-state index contributed by atoms with van der Waals surface area (Å²) in [7, 11) is 0. The first-order valence-corrected chi connectivity index (χ1v) is 7.57. The van der Waals surface area contributed by atoms with Crippen LogP contribution in [0.1, 0.15) is 12.8 Å². The molecule has 8 heteroatoms. The van der Waals surface area contributed by atoms with Crippen LogP contribution in [0, 0.1) is 5.92 Å². The van der Waals surface area contributed by atoms with Gasteiger partial charge in [-0.25, -0.2) is 4.98 Å². The lowest BCUT2D eigenvalue weighted by molar-refractivity contribution is -0.119. The Balaban J connectivity index is 0.00000200. The van der Waals surface area contributed by atoms with Crippen LogP contribution >= 0.6 is 36.6 Å². The van der Waals surface area contributed by atoms with Crippen molar-refractivity contribution in [3.05, 3.63) is 18.3 Å². The van der Waals surface area contributed by atoms with Crippen molar-refractivity contribution in [2.75, 3.05) is 24.8 Å². The lowest BCUT2D eigenvalue weighted by Gasteiger charge is -2.26. The normalized spacial score (nSPS) is 16.3. The summed E-state index contributed by atoms with van der Waals surface area (Å²) in [6.45, 7) is 1.37. The largest absolute Gasteiger partial charge is 0.381 e. The molecule has 1 aromatic heterocycles. The van der Waals surface area contributed by atoms with Crippen LogP contribution in [-0.4, -0.2) is 36.4 Å². The average molecular weight is 354 g/mol. The van der Waals surface area contributed by atoms with E-state index < -0.39 is 6.04 Å². The summed E-state index contributed by atoms with van der Waals surface area (Å²) in [4.78, 5) is 17.3. The standard InChI is InChI=1S/C13H19N3O2S.2ClH/c1-19-10-2-3-11(15-8-10)16-13(17)12(14)9-4-6-18-7-5-9;;/h2-3,8-9,12H,4-7,14H2,1H3,(H,15,16,17);2*1H. The minimum absolute atomic E-state index is 0. The zero-order chi connectivity index (χ0) is 13.7. The molecule has 1 aliphatic heterocycles. The van der Waals surface area contributed by atoms with Crippen molar-refractivity contribution in [1.82, 2.24) is 4.98 Å². The fraction of sp³-hybridized carbons (Fsp3) is 0.538. The Morgan fingerprint density at radius 3 is 2.62 bits per heavy atom. The van der Waals surface area contributed by atoms with Gasteiger partial charge in [-0.1, -0.05) is 0 Å². The van der Waals surface area contributed by atoms with Crippen LogP contribution in [0.5, 0.6) is 0 Å². The van der Waals surface area contributed by atoms with Crippen molar-refractivity contribution in [1.29, 1.82) is 0 Å². The molecule has 1 saturated heterocycles. The molecule has 0 radical (unpaired) electrons. The Labute approximate surface area is 141 Å². The fourth-order valence-electron chi connectivity index (χ4n) is 2.07. The summed E-state index contributed by atoms with van der Waals surface area (Å²) in [5.41, 5.74) is 6.00. The Morgan fingerprint density at radius 1 is 1.43 bits per heavy atom. The minimum Gasteiger partial charge on any atom is -0.381 e. The number of amides is 1. The van der Waals surface area contributed by atoms with E-state index in [9.17, 15) is 4.79 Å². The third kappa shape index (κ3) is 6.00. The zero-order valence-corrected chi connectivity index (χ0v) is 14.2. The number of nitrogens with two attached hydrogens (primary N) is 1. The number of anilines is 1. The number of carbonyl (C=O) groups is 1. The van der Waals surface area contributed by atoms with Gasteiger partial charge in [0.05, 0.1) is 6.04 Å². The highest BCUT2D eigenvalue weighted by Crippen LogP contribution is 2.19. The van der Waals surface area contributed by atoms with Crippen LogP contribution in [0.4, 0.5) is 5.82 Å². The van der Waals surface area contributed by atoms with Gasteiger partial charge in [0.25, 0.3) is 0 Å².